The van der Waals surface area contributed by atoms with Crippen LogP contribution in [0.15, 0.2) is 18.2 Å². The number of carbonyl (C=O) groups is 2. The first kappa shape index (κ1) is 20.5. The van der Waals surface area contributed by atoms with Gasteiger partial charge in [0.2, 0.25) is 5.91 Å². The molecule has 0 aromatic heterocycles. The second-order valence-electron chi connectivity index (χ2n) is 6.42. The van der Waals surface area contributed by atoms with Gasteiger partial charge in [0.05, 0.1) is 23.0 Å². The zero-order chi connectivity index (χ0) is 19.3. The summed E-state index contributed by atoms with van der Waals surface area (Å²) in [5.41, 5.74) is 5.58. The Labute approximate surface area is 154 Å². The van der Waals surface area contributed by atoms with E-state index in [0.29, 0.717) is 0 Å². The SMILES string of the molecule is NC(CC(F)(F)F)C(=O)Nc1ccc(Cl)c(C(=O)NC2CCCCC2)c1. The van der Waals surface area contributed by atoms with Crippen molar-refractivity contribution in [3.63, 3.8) is 0 Å². The number of amides is 2. The quantitative estimate of drug-likeness (QED) is 0.716. The Hall–Kier alpha value is -1.80. The molecule has 0 bridgehead atoms. The molecule has 9 heteroatoms. The predicted octanol–water partition coefficient (Wildman–Crippen LogP) is 3.62. The van der Waals surface area contributed by atoms with E-state index in [-0.39, 0.29) is 28.2 Å². The standard InChI is InChI=1S/C17H21ClF3N3O2/c18-13-7-6-11(24-16(26)14(22)9-17(19,20)21)8-12(13)15(25)23-10-4-2-1-3-5-10/h6-8,10,14H,1-5,9,22H2,(H,23,25)(H,24,26). The van der Waals surface area contributed by atoms with E-state index in [1.54, 1.807) is 0 Å². The molecule has 4 N–H and O–H groups in total. The molecule has 26 heavy (non-hydrogen) atoms. The Morgan fingerprint density at radius 2 is 1.88 bits per heavy atom. The first-order valence-electron chi connectivity index (χ1n) is 8.39. The Balaban J connectivity index is 2.03. The number of hydrogen-bond donors (Lipinski definition) is 3. The van der Waals surface area contributed by atoms with Crippen LogP contribution in [-0.4, -0.2) is 30.1 Å². The summed E-state index contributed by atoms with van der Waals surface area (Å²) in [4.78, 5) is 24.2. The van der Waals surface area contributed by atoms with Crippen LogP contribution in [-0.2, 0) is 4.79 Å². The second kappa shape index (κ2) is 8.73. The van der Waals surface area contributed by atoms with Crippen molar-refractivity contribution >= 4 is 29.1 Å². The Kier molecular flexibility index (Phi) is 6.88. The van der Waals surface area contributed by atoms with E-state index in [1.165, 1.54) is 18.2 Å². The van der Waals surface area contributed by atoms with Crippen molar-refractivity contribution in [2.24, 2.45) is 5.73 Å². The maximum atomic E-state index is 12.4. The van der Waals surface area contributed by atoms with Gasteiger partial charge in [0.25, 0.3) is 5.91 Å². The van der Waals surface area contributed by atoms with Crippen molar-refractivity contribution in [1.29, 1.82) is 0 Å². The molecule has 1 saturated carbocycles. The monoisotopic (exact) mass is 391 g/mol. The first-order chi connectivity index (χ1) is 12.2. The molecule has 0 heterocycles. The predicted molar refractivity (Wildman–Crippen MR) is 93.1 cm³/mol. The lowest BCUT2D eigenvalue weighted by molar-refractivity contribution is -0.145. The van der Waals surface area contributed by atoms with Gasteiger partial charge in [-0.05, 0) is 31.0 Å². The van der Waals surface area contributed by atoms with Crippen LogP contribution in [0.5, 0.6) is 0 Å². The number of anilines is 1. The average Bonchev–Trinajstić information content (AvgIpc) is 2.55. The van der Waals surface area contributed by atoms with Gasteiger partial charge in [0.15, 0.2) is 0 Å². The van der Waals surface area contributed by atoms with E-state index < -0.39 is 24.5 Å². The molecule has 2 rings (SSSR count). The fourth-order valence-electron chi connectivity index (χ4n) is 2.86. The second-order valence-corrected chi connectivity index (χ2v) is 6.83. The molecule has 1 aliphatic rings. The van der Waals surface area contributed by atoms with Crippen LogP contribution in [0.3, 0.4) is 0 Å². The lowest BCUT2D eigenvalue weighted by Gasteiger charge is -2.23. The maximum absolute atomic E-state index is 12.4. The minimum Gasteiger partial charge on any atom is -0.349 e. The molecule has 0 aliphatic heterocycles. The van der Waals surface area contributed by atoms with E-state index in [2.05, 4.69) is 10.6 Å². The van der Waals surface area contributed by atoms with Crippen LogP contribution < -0.4 is 16.4 Å². The molecular formula is C17H21ClF3N3O2. The molecule has 1 aromatic rings. The van der Waals surface area contributed by atoms with Crippen LogP contribution in [0.25, 0.3) is 0 Å². The molecule has 0 radical (unpaired) electrons. The summed E-state index contributed by atoms with van der Waals surface area (Å²) in [6, 6.07) is 2.48. The van der Waals surface area contributed by atoms with Gasteiger partial charge in [0, 0.05) is 11.7 Å². The number of rotatable bonds is 5. The van der Waals surface area contributed by atoms with E-state index in [9.17, 15) is 22.8 Å². The molecule has 144 valence electrons. The molecule has 0 saturated heterocycles. The van der Waals surface area contributed by atoms with E-state index >= 15 is 0 Å². The minimum absolute atomic E-state index is 0.0748. The van der Waals surface area contributed by atoms with E-state index in [1.807, 2.05) is 0 Å². The first-order valence-corrected chi connectivity index (χ1v) is 8.77. The number of carbonyl (C=O) groups excluding carboxylic acids is 2. The van der Waals surface area contributed by atoms with Gasteiger partial charge in [-0.15, -0.1) is 0 Å². The topological polar surface area (TPSA) is 84.2 Å². The number of hydrogen-bond acceptors (Lipinski definition) is 3. The zero-order valence-corrected chi connectivity index (χ0v) is 14.8. The largest absolute Gasteiger partial charge is 0.391 e. The lowest BCUT2D eigenvalue weighted by atomic mass is 9.95. The number of nitrogens with one attached hydrogen (secondary N) is 2. The summed E-state index contributed by atoms with van der Waals surface area (Å²) >= 11 is 6.05. The van der Waals surface area contributed by atoms with Gasteiger partial charge in [-0.1, -0.05) is 30.9 Å². The van der Waals surface area contributed by atoms with Gasteiger partial charge in [-0.2, -0.15) is 13.2 Å². The molecule has 5 nitrogen and oxygen atoms in total. The highest BCUT2D eigenvalue weighted by Gasteiger charge is 2.33. The Morgan fingerprint density at radius 3 is 2.50 bits per heavy atom. The average molecular weight is 392 g/mol. The van der Waals surface area contributed by atoms with Crippen molar-refractivity contribution in [2.45, 2.75) is 56.8 Å². The molecule has 1 atom stereocenters. The highest BCUT2D eigenvalue weighted by atomic mass is 35.5. The van der Waals surface area contributed by atoms with Crippen LogP contribution in [0.1, 0.15) is 48.9 Å². The third-order valence-corrected chi connectivity index (χ3v) is 4.54. The van der Waals surface area contributed by atoms with Crippen molar-refractivity contribution in [1.82, 2.24) is 5.32 Å². The number of nitrogens with two attached hydrogens (primary N) is 1. The number of alkyl halides is 3. The molecule has 0 spiro atoms. The summed E-state index contributed by atoms with van der Waals surface area (Å²) < 4.78 is 37.0. The van der Waals surface area contributed by atoms with Gasteiger partial charge in [0.1, 0.15) is 0 Å². The van der Waals surface area contributed by atoms with Crippen molar-refractivity contribution in [3.8, 4) is 0 Å². The van der Waals surface area contributed by atoms with E-state index in [4.69, 9.17) is 17.3 Å². The Morgan fingerprint density at radius 1 is 1.23 bits per heavy atom. The fraction of sp³-hybridized carbons (Fsp3) is 0.529. The smallest absolute Gasteiger partial charge is 0.349 e. The fourth-order valence-corrected chi connectivity index (χ4v) is 3.07. The molecular weight excluding hydrogens is 371 g/mol. The van der Waals surface area contributed by atoms with Crippen molar-refractivity contribution in [2.75, 3.05) is 5.32 Å². The van der Waals surface area contributed by atoms with Crippen LogP contribution in [0, 0.1) is 0 Å². The maximum Gasteiger partial charge on any atom is 0.391 e. The third kappa shape index (κ3) is 6.17. The van der Waals surface area contributed by atoms with Gasteiger partial charge in [-0.3, -0.25) is 9.59 Å². The minimum atomic E-state index is -4.54. The zero-order valence-electron chi connectivity index (χ0n) is 14.0. The number of halogens is 4. The summed E-state index contributed by atoms with van der Waals surface area (Å²) in [5, 5.41) is 5.38. The molecule has 1 aliphatic carbocycles. The molecule has 1 unspecified atom stereocenters. The summed E-state index contributed by atoms with van der Waals surface area (Å²) in [7, 11) is 0. The normalized spacial score (nSPS) is 16.8. The molecule has 2 amide bonds. The van der Waals surface area contributed by atoms with Crippen LogP contribution >= 0.6 is 11.6 Å². The molecule has 1 aromatic carbocycles. The number of benzene rings is 1. The van der Waals surface area contributed by atoms with Crippen LogP contribution in [0.2, 0.25) is 5.02 Å². The Bertz CT molecular complexity index is 661. The summed E-state index contributed by atoms with van der Waals surface area (Å²) in [6.07, 6.45) is -0.939. The van der Waals surface area contributed by atoms with Crippen molar-refractivity contribution in [3.05, 3.63) is 28.8 Å². The molecule has 1 fully saturated rings. The highest BCUT2D eigenvalue weighted by molar-refractivity contribution is 6.34. The van der Waals surface area contributed by atoms with Crippen molar-refractivity contribution < 1.29 is 22.8 Å². The van der Waals surface area contributed by atoms with Crippen LogP contribution in [0.4, 0.5) is 18.9 Å². The van der Waals surface area contributed by atoms with Gasteiger partial charge < -0.3 is 16.4 Å². The summed E-state index contributed by atoms with van der Waals surface area (Å²) in [6.45, 7) is 0. The van der Waals surface area contributed by atoms with Gasteiger partial charge in [-0.25, -0.2) is 0 Å². The van der Waals surface area contributed by atoms with E-state index in [0.717, 1.165) is 32.1 Å². The van der Waals surface area contributed by atoms with Gasteiger partial charge >= 0.3 is 6.18 Å². The third-order valence-electron chi connectivity index (χ3n) is 4.21. The highest BCUT2D eigenvalue weighted by Crippen LogP contribution is 2.24. The lowest BCUT2D eigenvalue weighted by Crippen LogP contribution is -2.39. The summed E-state index contributed by atoms with van der Waals surface area (Å²) in [5.74, 6) is -1.36.